The molecule has 27 heavy (non-hydrogen) atoms. The monoisotopic (exact) mass is 387 g/mol. The van der Waals surface area contributed by atoms with Crippen LogP contribution in [0.4, 0.5) is 8.78 Å². The van der Waals surface area contributed by atoms with Gasteiger partial charge >= 0.3 is 0 Å². The molecule has 0 aliphatic carbocycles. The SMILES string of the molecule is C[C@@H](NC(=O)CSC(c1ccc(F)cc1)c1ccc(F)cc1)c1ccco1. The molecule has 0 aliphatic rings. The van der Waals surface area contributed by atoms with Crippen LogP contribution in [-0.4, -0.2) is 11.7 Å². The molecule has 0 fully saturated rings. The molecular formula is C21H19F2NO2S. The summed E-state index contributed by atoms with van der Waals surface area (Å²) in [5.74, 6) is 0.0862. The summed E-state index contributed by atoms with van der Waals surface area (Å²) >= 11 is 1.40. The van der Waals surface area contributed by atoms with Crippen LogP contribution in [0.25, 0.3) is 0 Å². The minimum atomic E-state index is -0.327. The predicted molar refractivity (Wildman–Crippen MR) is 102 cm³/mol. The van der Waals surface area contributed by atoms with E-state index in [0.29, 0.717) is 5.76 Å². The van der Waals surface area contributed by atoms with E-state index in [1.807, 2.05) is 6.92 Å². The minimum Gasteiger partial charge on any atom is -0.467 e. The second-order valence-electron chi connectivity index (χ2n) is 6.10. The topological polar surface area (TPSA) is 42.2 Å². The molecule has 3 nitrogen and oxygen atoms in total. The Morgan fingerprint density at radius 1 is 1.00 bits per heavy atom. The number of hydrogen-bond donors (Lipinski definition) is 1. The third-order valence-electron chi connectivity index (χ3n) is 4.07. The Morgan fingerprint density at radius 2 is 1.56 bits per heavy atom. The molecule has 1 aromatic heterocycles. The average Bonchev–Trinajstić information content (AvgIpc) is 3.19. The van der Waals surface area contributed by atoms with Gasteiger partial charge < -0.3 is 9.73 Å². The van der Waals surface area contributed by atoms with Crippen molar-refractivity contribution < 1.29 is 18.0 Å². The molecule has 3 rings (SSSR count). The first-order valence-corrected chi connectivity index (χ1v) is 9.53. The summed E-state index contributed by atoms with van der Waals surface area (Å²) in [6, 6.07) is 15.6. The summed E-state index contributed by atoms with van der Waals surface area (Å²) in [6.45, 7) is 1.85. The van der Waals surface area contributed by atoms with E-state index in [4.69, 9.17) is 4.42 Å². The predicted octanol–water partition coefficient (Wildman–Crippen LogP) is 5.26. The molecule has 3 aromatic rings. The van der Waals surface area contributed by atoms with Gasteiger partial charge in [0.05, 0.1) is 23.3 Å². The highest BCUT2D eigenvalue weighted by Crippen LogP contribution is 2.35. The lowest BCUT2D eigenvalue weighted by molar-refractivity contribution is -0.119. The Hall–Kier alpha value is -2.60. The van der Waals surface area contributed by atoms with Crippen molar-refractivity contribution in [2.45, 2.75) is 18.2 Å². The van der Waals surface area contributed by atoms with E-state index >= 15 is 0 Å². The Bertz CT molecular complexity index is 819. The molecule has 1 amide bonds. The molecule has 140 valence electrons. The zero-order valence-corrected chi connectivity index (χ0v) is 15.5. The summed E-state index contributed by atoms with van der Waals surface area (Å²) in [6.07, 6.45) is 1.56. The molecule has 0 bridgehead atoms. The lowest BCUT2D eigenvalue weighted by Crippen LogP contribution is -2.28. The highest BCUT2D eigenvalue weighted by atomic mass is 32.2. The van der Waals surface area contributed by atoms with Crippen LogP contribution >= 0.6 is 11.8 Å². The molecule has 0 unspecified atom stereocenters. The zero-order valence-electron chi connectivity index (χ0n) is 14.7. The van der Waals surface area contributed by atoms with E-state index in [1.54, 1.807) is 42.7 Å². The van der Waals surface area contributed by atoms with E-state index < -0.39 is 0 Å². The minimum absolute atomic E-state index is 0.141. The van der Waals surface area contributed by atoms with Gasteiger partial charge in [0.2, 0.25) is 5.91 Å². The molecule has 1 heterocycles. The quantitative estimate of drug-likeness (QED) is 0.601. The number of hydrogen-bond acceptors (Lipinski definition) is 3. The second-order valence-corrected chi connectivity index (χ2v) is 7.19. The summed E-state index contributed by atoms with van der Waals surface area (Å²) in [7, 11) is 0. The van der Waals surface area contributed by atoms with Gasteiger partial charge in [0.1, 0.15) is 17.4 Å². The first-order valence-electron chi connectivity index (χ1n) is 8.48. The molecule has 0 spiro atoms. The largest absolute Gasteiger partial charge is 0.467 e. The number of thioether (sulfide) groups is 1. The molecule has 0 saturated carbocycles. The fraction of sp³-hybridized carbons (Fsp3) is 0.190. The van der Waals surface area contributed by atoms with Crippen molar-refractivity contribution in [1.82, 2.24) is 5.32 Å². The second kappa shape index (κ2) is 8.86. The van der Waals surface area contributed by atoms with Crippen molar-refractivity contribution in [2.75, 3.05) is 5.75 Å². The van der Waals surface area contributed by atoms with Crippen LogP contribution in [-0.2, 0) is 4.79 Å². The van der Waals surface area contributed by atoms with Gasteiger partial charge in [0.15, 0.2) is 0 Å². The zero-order chi connectivity index (χ0) is 19.2. The molecule has 2 aromatic carbocycles. The van der Waals surface area contributed by atoms with Crippen molar-refractivity contribution in [3.05, 3.63) is 95.4 Å². The fourth-order valence-corrected chi connectivity index (χ4v) is 3.81. The van der Waals surface area contributed by atoms with Gasteiger partial charge in [-0.25, -0.2) is 8.78 Å². The number of carbonyl (C=O) groups is 1. The number of rotatable bonds is 7. The maximum absolute atomic E-state index is 13.3. The molecule has 0 aliphatic heterocycles. The van der Waals surface area contributed by atoms with Crippen LogP contribution in [0.15, 0.2) is 71.3 Å². The standard InChI is InChI=1S/C21H19F2NO2S/c1-14(19-3-2-12-26-19)24-20(25)13-27-21(15-4-8-17(22)9-5-15)16-6-10-18(23)11-7-16/h2-12,14,21H,13H2,1H3,(H,24,25)/t14-/m1/s1. The number of halogens is 2. The van der Waals surface area contributed by atoms with Crippen molar-refractivity contribution in [3.8, 4) is 0 Å². The van der Waals surface area contributed by atoms with Gasteiger partial charge in [-0.3, -0.25) is 4.79 Å². The van der Waals surface area contributed by atoms with E-state index in [1.165, 1.54) is 36.0 Å². The van der Waals surface area contributed by atoms with Crippen LogP contribution in [0, 0.1) is 11.6 Å². The van der Waals surface area contributed by atoms with Gasteiger partial charge in [-0.15, -0.1) is 11.8 Å². The molecule has 6 heteroatoms. The van der Waals surface area contributed by atoms with Crippen LogP contribution in [0.1, 0.15) is 35.1 Å². The first kappa shape index (κ1) is 19.2. The normalized spacial score (nSPS) is 12.1. The molecule has 0 saturated heterocycles. The molecule has 1 atom stereocenters. The van der Waals surface area contributed by atoms with Gasteiger partial charge in [0, 0.05) is 0 Å². The van der Waals surface area contributed by atoms with Crippen molar-refractivity contribution in [1.29, 1.82) is 0 Å². The average molecular weight is 387 g/mol. The number of carbonyl (C=O) groups excluding carboxylic acids is 1. The van der Waals surface area contributed by atoms with Crippen LogP contribution in [0.5, 0.6) is 0 Å². The number of furan rings is 1. The Balaban J connectivity index is 1.70. The highest BCUT2D eigenvalue weighted by Gasteiger charge is 2.18. The Morgan fingerprint density at radius 3 is 2.04 bits per heavy atom. The van der Waals surface area contributed by atoms with E-state index in [2.05, 4.69) is 5.32 Å². The third-order valence-corrected chi connectivity index (χ3v) is 5.38. The lowest BCUT2D eigenvalue weighted by atomic mass is 10.0. The number of nitrogens with one attached hydrogen (secondary N) is 1. The summed E-state index contributed by atoms with van der Waals surface area (Å²) in [5.41, 5.74) is 1.69. The van der Waals surface area contributed by atoms with Crippen molar-refractivity contribution in [3.63, 3.8) is 0 Å². The first-order chi connectivity index (χ1) is 13.0. The molecular weight excluding hydrogens is 368 g/mol. The Labute approximate surface area is 160 Å². The maximum atomic E-state index is 13.3. The number of benzene rings is 2. The highest BCUT2D eigenvalue weighted by molar-refractivity contribution is 8.00. The number of amides is 1. The summed E-state index contributed by atoms with van der Waals surface area (Å²) in [4.78, 5) is 12.3. The molecule has 1 N–H and O–H groups in total. The van der Waals surface area contributed by atoms with Crippen LogP contribution < -0.4 is 5.32 Å². The van der Waals surface area contributed by atoms with E-state index in [9.17, 15) is 13.6 Å². The molecule has 0 radical (unpaired) electrons. The van der Waals surface area contributed by atoms with E-state index in [-0.39, 0.29) is 34.6 Å². The van der Waals surface area contributed by atoms with Crippen LogP contribution in [0.3, 0.4) is 0 Å². The van der Waals surface area contributed by atoms with Crippen LogP contribution in [0.2, 0.25) is 0 Å². The maximum Gasteiger partial charge on any atom is 0.230 e. The van der Waals surface area contributed by atoms with Gasteiger partial charge in [0.25, 0.3) is 0 Å². The summed E-state index contributed by atoms with van der Waals surface area (Å²) < 4.78 is 31.8. The van der Waals surface area contributed by atoms with Gasteiger partial charge in [-0.05, 0) is 54.4 Å². The lowest BCUT2D eigenvalue weighted by Gasteiger charge is -2.18. The van der Waals surface area contributed by atoms with E-state index in [0.717, 1.165) is 11.1 Å². The Kier molecular flexibility index (Phi) is 6.29. The smallest absolute Gasteiger partial charge is 0.230 e. The fourth-order valence-electron chi connectivity index (χ4n) is 2.71. The summed E-state index contributed by atoms with van der Waals surface area (Å²) in [5, 5.41) is 2.67. The van der Waals surface area contributed by atoms with Gasteiger partial charge in [-0.1, -0.05) is 24.3 Å². The van der Waals surface area contributed by atoms with Gasteiger partial charge in [-0.2, -0.15) is 0 Å². The van der Waals surface area contributed by atoms with Crippen molar-refractivity contribution >= 4 is 17.7 Å². The third kappa shape index (κ3) is 5.20. The van der Waals surface area contributed by atoms with Crippen molar-refractivity contribution in [2.24, 2.45) is 0 Å².